The van der Waals surface area contributed by atoms with Gasteiger partial charge in [0.25, 0.3) is 0 Å². The monoisotopic (exact) mass is 276 g/mol. The minimum Gasteiger partial charge on any atom is -0.443 e. The van der Waals surface area contributed by atoms with Crippen molar-refractivity contribution < 1.29 is 9.53 Å². The van der Waals surface area contributed by atoms with Crippen molar-refractivity contribution in [3.63, 3.8) is 0 Å². The lowest BCUT2D eigenvalue weighted by Gasteiger charge is -2.39. The van der Waals surface area contributed by atoms with Gasteiger partial charge < -0.3 is 10.5 Å². The summed E-state index contributed by atoms with van der Waals surface area (Å²) >= 11 is 0. The van der Waals surface area contributed by atoms with E-state index in [2.05, 4.69) is 13.8 Å². The number of benzene rings is 1. The molecule has 0 aliphatic carbocycles. The smallest absolute Gasteiger partial charge is 0.414 e. The van der Waals surface area contributed by atoms with Crippen LogP contribution in [0.25, 0.3) is 0 Å². The van der Waals surface area contributed by atoms with E-state index in [1.807, 2.05) is 39.0 Å². The number of nitrogens with two attached hydrogens (primary N) is 1. The quantitative estimate of drug-likeness (QED) is 0.735. The molecule has 4 heteroatoms. The highest BCUT2D eigenvalue weighted by atomic mass is 16.6. The predicted molar refractivity (Wildman–Crippen MR) is 82.1 cm³/mol. The molecule has 0 saturated carbocycles. The summed E-state index contributed by atoms with van der Waals surface area (Å²) in [5.41, 5.74) is 8.16. The Bertz CT molecular complexity index is 530. The van der Waals surface area contributed by atoms with Crippen LogP contribution >= 0.6 is 0 Å². The predicted octanol–water partition coefficient (Wildman–Crippen LogP) is 3.69. The molecule has 1 amide bonds. The van der Waals surface area contributed by atoms with Crippen LogP contribution in [0.5, 0.6) is 0 Å². The Morgan fingerprint density at radius 2 is 2.00 bits per heavy atom. The molecule has 0 unspecified atom stereocenters. The summed E-state index contributed by atoms with van der Waals surface area (Å²) < 4.78 is 5.49. The molecule has 110 valence electrons. The zero-order valence-electron chi connectivity index (χ0n) is 13.0. The van der Waals surface area contributed by atoms with Crippen LogP contribution in [0.1, 0.15) is 46.6 Å². The van der Waals surface area contributed by atoms with Crippen LogP contribution in [0.15, 0.2) is 18.2 Å². The molecule has 0 saturated heterocycles. The van der Waals surface area contributed by atoms with Gasteiger partial charge in [-0.3, -0.25) is 4.90 Å². The van der Waals surface area contributed by atoms with Gasteiger partial charge in [-0.25, -0.2) is 4.79 Å². The lowest BCUT2D eigenvalue weighted by atomic mass is 9.77. The summed E-state index contributed by atoms with van der Waals surface area (Å²) in [7, 11) is 0. The molecule has 1 aliphatic rings. The van der Waals surface area contributed by atoms with E-state index in [9.17, 15) is 4.79 Å². The van der Waals surface area contributed by atoms with Crippen molar-refractivity contribution in [3.05, 3.63) is 23.8 Å². The second-order valence-corrected chi connectivity index (χ2v) is 7.04. The van der Waals surface area contributed by atoms with Crippen LogP contribution in [-0.4, -0.2) is 18.2 Å². The average molecular weight is 276 g/mol. The Morgan fingerprint density at radius 1 is 1.35 bits per heavy atom. The number of rotatable bonds is 0. The molecule has 0 spiro atoms. The first-order valence-electron chi connectivity index (χ1n) is 7.01. The SMILES string of the molecule is CC(C)(C)OC(=O)N1CCC(C)(C)c2cc(N)ccc21. The summed E-state index contributed by atoms with van der Waals surface area (Å²) in [6.07, 6.45) is 0.599. The maximum absolute atomic E-state index is 12.3. The maximum atomic E-state index is 12.3. The number of hydrogen-bond donors (Lipinski definition) is 1. The fraction of sp³-hybridized carbons (Fsp3) is 0.562. The summed E-state index contributed by atoms with van der Waals surface area (Å²) in [4.78, 5) is 14.1. The third-order valence-corrected chi connectivity index (χ3v) is 3.61. The molecule has 0 atom stereocenters. The third kappa shape index (κ3) is 2.89. The minimum absolute atomic E-state index is 0.0171. The number of carbonyl (C=O) groups excluding carboxylic acids is 1. The third-order valence-electron chi connectivity index (χ3n) is 3.61. The topological polar surface area (TPSA) is 55.6 Å². The summed E-state index contributed by atoms with van der Waals surface area (Å²) in [5, 5.41) is 0. The number of hydrogen-bond acceptors (Lipinski definition) is 3. The molecule has 2 rings (SSSR count). The molecule has 1 aromatic carbocycles. The zero-order valence-corrected chi connectivity index (χ0v) is 13.0. The van der Waals surface area contributed by atoms with Gasteiger partial charge in [0.15, 0.2) is 0 Å². The van der Waals surface area contributed by atoms with Crippen molar-refractivity contribution in [2.45, 2.75) is 52.1 Å². The van der Waals surface area contributed by atoms with Crippen molar-refractivity contribution in [2.75, 3.05) is 17.2 Å². The second-order valence-electron chi connectivity index (χ2n) is 7.04. The molecule has 2 N–H and O–H groups in total. The van der Waals surface area contributed by atoms with Crippen molar-refractivity contribution in [1.29, 1.82) is 0 Å². The van der Waals surface area contributed by atoms with Gasteiger partial charge in [-0.05, 0) is 56.4 Å². The Morgan fingerprint density at radius 3 is 2.60 bits per heavy atom. The fourth-order valence-corrected chi connectivity index (χ4v) is 2.48. The largest absolute Gasteiger partial charge is 0.443 e. The number of amides is 1. The zero-order chi connectivity index (χ0) is 15.1. The lowest BCUT2D eigenvalue weighted by molar-refractivity contribution is 0.0574. The molecular weight excluding hydrogens is 252 g/mol. The highest BCUT2D eigenvalue weighted by Crippen LogP contribution is 2.41. The normalized spacial score (nSPS) is 17.6. The first-order valence-corrected chi connectivity index (χ1v) is 7.01. The molecule has 0 radical (unpaired) electrons. The molecule has 0 aromatic heterocycles. The van der Waals surface area contributed by atoms with E-state index in [1.165, 1.54) is 0 Å². The number of ether oxygens (including phenoxy) is 1. The van der Waals surface area contributed by atoms with Crippen LogP contribution in [0.2, 0.25) is 0 Å². The Labute approximate surface area is 120 Å². The highest BCUT2D eigenvalue weighted by molar-refractivity contribution is 5.90. The average Bonchev–Trinajstić information content (AvgIpc) is 2.27. The standard InChI is InChI=1S/C16H24N2O2/c1-15(2,3)20-14(19)18-9-8-16(4,5)12-10-11(17)6-7-13(12)18/h6-7,10H,8-9,17H2,1-5H3. The van der Waals surface area contributed by atoms with Crippen LogP contribution in [-0.2, 0) is 10.2 Å². The fourth-order valence-electron chi connectivity index (χ4n) is 2.48. The van der Waals surface area contributed by atoms with E-state index >= 15 is 0 Å². The molecule has 4 nitrogen and oxygen atoms in total. The number of nitrogens with zero attached hydrogens (tertiary/aromatic N) is 1. The molecule has 20 heavy (non-hydrogen) atoms. The van der Waals surface area contributed by atoms with E-state index in [0.29, 0.717) is 6.54 Å². The summed E-state index contributed by atoms with van der Waals surface area (Å²) in [6.45, 7) is 10.7. The van der Waals surface area contributed by atoms with Gasteiger partial charge in [0.1, 0.15) is 5.60 Å². The van der Waals surface area contributed by atoms with Crippen LogP contribution in [0.4, 0.5) is 16.2 Å². The van der Waals surface area contributed by atoms with E-state index in [1.54, 1.807) is 4.90 Å². The van der Waals surface area contributed by atoms with Crippen molar-refractivity contribution in [2.24, 2.45) is 0 Å². The van der Waals surface area contributed by atoms with Gasteiger partial charge in [0, 0.05) is 12.2 Å². The Hall–Kier alpha value is -1.71. The molecule has 1 aliphatic heterocycles. The van der Waals surface area contributed by atoms with Gasteiger partial charge >= 0.3 is 6.09 Å². The molecule has 1 aromatic rings. The number of anilines is 2. The molecule has 0 bridgehead atoms. The van der Waals surface area contributed by atoms with E-state index < -0.39 is 5.60 Å². The maximum Gasteiger partial charge on any atom is 0.414 e. The summed E-state index contributed by atoms with van der Waals surface area (Å²) in [6, 6.07) is 5.71. The number of carbonyl (C=O) groups is 1. The van der Waals surface area contributed by atoms with E-state index in [-0.39, 0.29) is 11.5 Å². The van der Waals surface area contributed by atoms with Gasteiger partial charge in [0.05, 0.1) is 5.69 Å². The van der Waals surface area contributed by atoms with Gasteiger partial charge in [-0.15, -0.1) is 0 Å². The Kier molecular flexibility index (Phi) is 3.44. The lowest BCUT2D eigenvalue weighted by Crippen LogP contribution is -2.43. The highest BCUT2D eigenvalue weighted by Gasteiger charge is 2.35. The molecule has 1 heterocycles. The van der Waals surface area contributed by atoms with E-state index in [0.717, 1.165) is 23.4 Å². The Balaban J connectivity index is 2.38. The van der Waals surface area contributed by atoms with Crippen molar-refractivity contribution >= 4 is 17.5 Å². The first-order chi connectivity index (χ1) is 9.10. The van der Waals surface area contributed by atoms with E-state index in [4.69, 9.17) is 10.5 Å². The van der Waals surface area contributed by atoms with Crippen LogP contribution in [0, 0.1) is 0 Å². The number of nitrogen functional groups attached to an aromatic ring is 1. The minimum atomic E-state index is -0.488. The number of fused-ring (bicyclic) bond motifs is 1. The second kappa shape index (κ2) is 4.69. The van der Waals surface area contributed by atoms with Gasteiger partial charge in [-0.2, -0.15) is 0 Å². The van der Waals surface area contributed by atoms with Crippen molar-refractivity contribution in [1.82, 2.24) is 0 Å². The van der Waals surface area contributed by atoms with Gasteiger partial charge in [0.2, 0.25) is 0 Å². The first kappa shape index (κ1) is 14.7. The van der Waals surface area contributed by atoms with Crippen molar-refractivity contribution in [3.8, 4) is 0 Å². The van der Waals surface area contributed by atoms with Crippen LogP contribution < -0.4 is 10.6 Å². The molecular formula is C16H24N2O2. The molecule has 0 fully saturated rings. The van der Waals surface area contributed by atoms with Gasteiger partial charge in [-0.1, -0.05) is 13.8 Å². The van der Waals surface area contributed by atoms with Crippen LogP contribution in [0.3, 0.4) is 0 Å². The summed E-state index contributed by atoms with van der Waals surface area (Å²) in [5.74, 6) is 0.